The van der Waals surface area contributed by atoms with Gasteiger partial charge in [0.1, 0.15) is 5.82 Å². The normalized spacial score (nSPS) is 12.9. The van der Waals surface area contributed by atoms with Crippen LogP contribution in [-0.4, -0.2) is 19.7 Å². The average Bonchev–Trinajstić information content (AvgIpc) is 3.06. The average molecular weight is 316 g/mol. The molecule has 0 N–H and O–H groups in total. The quantitative estimate of drug-likeness (QED) is 0.530. The molecule has 5 rings (SSSR count). The first-order chi connectivity index (χ1) is 11.4. The van der Waals surface area contributed by atoms with Gasteiger partial charge in [0, 0.05) is 15.8 Å². The second kappa shape index (κ2) is 4.93. The number of thioether (sulfide) groups is 1. The largest absolute Gasteiger partial charge is 0.276 e. The Labute approximate surface area is 137 Å². The third kappa shape index (κ3) is 1.90. The van der Waals surface area contributed by atoms with Crippen molar-refractivity contribution in [3.8, 4) is 17.1 Å². The molecule has 4 nitrogen and oxygen atoms in total. The Morgan fingerprint density at radius 1 is 0.913 bits per heavy atom. The molecule has 23 heavy (non-hydrogen) atoms. The molecule has 0 atom stereocenters. The summed E-state index contributed by atoms with van der Waals surface area (Å²) in [6.07, 6.45) is 1.93. The van der Waals surface area contributed by atoms with Crippen LogP contribution in [0.2, 0.25) is 0 Å². The summed E-state index contributed by atoms with van der Waals surface area (Å²) in [4.78, 5) is 5.87. The van der Waals surface area contributed by atoms with Gasteiger partial charge in [-0.2, -0.15) is 0 Å². The second-order valence-corrected chi connectivity index (χ2v) is 6.41. The lowest BCUT2D eigenvalue weighted by Crippen LogP contribution is -2.09. The Morgan fingerprint density at radius 2 is 1.74 bits per heavy atom. The molecule has 0 aliphatic carbocycles. The second-order valence-electron chi connectivity index (χ2n) is 5.42. The van der Waals surface area contributed by atoms with Crippen LogP contribution >= 0.6 is 11.8 Å². The van der Waals surface area contributed by atoms with Crippen molar-refractivity contribution in [1.82, 2.24) is 19.7 Å². The number of nitrogens with zero attached hydrogens (tertiary/aromatic N) is 4. The molecule has 0 saturated heterocycles. The fraction of sp³-hybridized carbons (Fsp3) is 0.0556. The summed E-state index contributed by atoms with van der Waals surface area (Å²) >= 11 is 1.81. The summed E-state index contributed by atoms with van der Waals surface area (Å²) < 4.78 is 2.14. The molecule has 110 valence electrons. The van der Waals surface area contributed by atoms with Crippen molar-refractivity contribution >= 4 is 22.7 Å². The van der Waals surface area contributed by atoms with Crippen molar-refractivity contribution in [2.45, 2.75) is 10.6 Å². The van der Waals surface area contributed by atoms with Gasteiger partial charge in [-0.1, -0.05) is 48.5 Å². The van der Waals surface area contributed by atoms with Gasteiger partial charge in [-0.05, 0) is 6.07 Å². The molecule has 0 saturated carbocycles. The predicted octanol–water partition coefficient (Wildman–Crippen LogP) is 4.09. The van der Waals surface area contributed by atoms with Crippen LogP contribution in [-0.2, 0) is 5.75 Å². The molecule has 0 fully saturated rings. The lowest BCUT2D eigenvalue weighted by Gasteiger charge is -2.20. The number of aromatic nitrogens is 4. The highest BCUT2D eigenvalue weighted by Crippen LogP contribution is 2.40. The van der Waals surface area contributed by atoms with Crippen LogP contribution in [0, 0.1) is 0 Å². The fourth-order valence-electron chi connectivity index (χ4n) is 2.99. The van der Waals surface area contributed by atoms with E-state index in [4.69, 9.17) is 0 Å². The highest BCUT2D eigenvalue weighted by atomic mass is 32.2. The highest BCUT2D eigenvalue weighted by Gasteiger charge is 2.24. The van der Waals surface area contributed by atoms with Crippen LogP contribution in [0.4, 0.5) is 0 Å². The summed E-state index contributed by atoms with van der Waals surface area (Å²) in [5, 5.41) is 9.98. The maximum Gasteiger partial charge on any atom is 0.168 e. The van der Waals surface area contributed by atoms with Crippen LogP contribution in [0.1, 0.15) is 5.82 Å². The summed E-state index contributed by atoms with van der Waals surface area (Å²) in [5.74, 6) is 2.67. The standard InChI is InChI=1S/C18H12N4S/c1-2-6-12(7-3-1)18-21-20-16-11-23-17-13-8-4-5-9-14(13)19-10-15(17)22(16)18/h1-10H,11H2. The van der Waals surface area contributed by atoms with Gasteiger partial charge >= 0.3 is 0 Å². The van der Waals surface area contributed by atoms with Gasteiger partial charge in [-0.25, -0.2) is 0 Å². The predicted molar refractivity (Wildman–Crippen MR) is 91.7 cm³/mol. The first kappa shape index (κ1) is 12.8. The van der Waals surface area contributed by atoms with Crippen molar-refractivity contribution in [3.63, 3.8) is 0 Å². The molecule has 5 heteroatoms. The topological polar surface area (TPSA) is 43.6 Å². The fourth-order valence-corrected chi connectivity index (χ4v) is 4.07. The number of benzene rings is 2. The van der Waals surface area contributed by atoms with Gasteiger partial charge in [0.05, 0.1) is 23.2 Å². The SMILES string of the molecule is c1ccc(-c2nnc3n2-c2cnc4ccccc4c2SC3)cc1. The van der Waals surface area contributed by atoms with E-state index in [1.165, 1.54) is 10.3 Å². The van der Waals surface area contributed by atoms with Crippen molar-refractivity contribution < 1.29 is 0 Å². The Bertz CT molecular complexity index is 1020. The van der Waals surface area contributed by atoms with Gasteiger partial charge in [0.2, 0.25) is 0 Å². The van der Waals surface area contributed by atoms with Crippen LogP contribution in [0.15, 0.2) is 65.7 Å². The van der Waals surface area contributed by atoms with Gasteiger partial charge in [-0.3, -0.25) is 9.55 Å². The number of para-hydroxylation sites is 1. The minimum absolute atomic E-state index is 0.820. The minimum Gasteiger partial charge on any atom is -0.276 e. The Morgan fingerprint density at radius 3 is 2.65 bits per heavy atom. The molecule has 1 aliphatic rings. The summed E-state index contributed by atoms with van der Waals surface area (Å²) in [6, 6.07) is 18.4. The number of pyridine rings is 1. The molecule has 3 heterocycles. The van der Waals surface area contributed by atoms with Crippen LogP contribution in [0.3, 0.4) is 0 Å². The smallest absolute Gasteiger partial charge is 0.168 e. The summed E-state index contributed by atoms with van der Waals surface area (Å²) in [7, 11) is 0. The van der Waals surface area contributed by atoms with Crippen molar-refractivity contribution in [2.75, 3.05) is 0 Å². The number of rotatable bonds is 1. The molecule has 2 aromatic carbocycles. The molecular weight excluding hydrogens is 304 g/mol. The van der Waals surface area contributed by atoms with E-state index in [1.807, 2.05) is 30.5 Å². The van der Waals surface area contributed by atoms with Gasteiger partial charge in [-0.15, -0.1) is 22.0 Å². The van der Waals surface area contributed by atoms with E-state index >= 15 is 0 Å². The zero-order chi connectivity index (χ0) is 15.2. The molecule has 0 spiro atoms. The number of hydrogen-bond donors (Lipinski definition) is 0. The first-order valence-corrected chi connectivity index (χ1v) is 8.41. The van der Waals surface area contributed by atoms with Gasteiger partial charge < -0.3 is 0 Å². The zero-order valence-corrected chi connectivity index (χ0v) is 13.0. The van der Waals surface area contributed by atoms with Crippen molar-refractivity contribution in [3.05, 3.63) is 66.6 Å². The Hall–Kier alpha value is -2.66. The Balaban J connectivity index is 1.81. The van der Waals surface area contributed by atoms with Crippen LogP contribution < -0.4 is 0 Å². The molecule has 0 bridgehead atoms. The number of fused-ring (bicyclic) bond motifs is 5. The summed E-state index contributed by atoms with van der Waals surface area (Å²) in [6.45, 7) is 0. The monoisotopic (exact) mass is 316 g/mol. The maximum atomic E-state index is 4.62. The lowest BCUT2D eigenvalue weighted by molar-refractivity contribution is 0.921. The van der Waals surface area contributed by atoms with E-state index in [-0.39, 0.29) is 0 Å². The van der Waals surface area contributed by atoms with E-state index in [1.54, 1.807) is 11.8 Å². The molecule has 0 unspecified atom stereocenters. The molecule has 1 aliphatic heterocycles. The van der Waals surface area contributed by atoms with Gasteiger partial charge in [0.25, 0.3) is 0 Å². The highest BCUT2D eigenvalue weighted by molar-refractivity contribution is 7.99. The first-order valence-electron chi connectivity index (χ1n) is 7.42. The van der Waals surface area contributed by atoms with E-state index in [9.17, 15) is 0 Å². The molecule has 2 aromatic heterocycles. The zero-order valence-electron chi connectivity index (χ0n) is 12.2. The third-order valence-corrected chi connectivity index (χ3v) is 5.18. The lowest BCUT2D eigenvalue weighted by atomic mass is 10.2. The van der Waals surface area contributed by atoms with Crippen LogP contribution in [0.5, 0.6) is 0 Å². The molecule has 0 amide bonds. The minimum atomic E-state index is 0.820. The van der Waals surface area contributed by atoms with Crippen LogP contribution in [0.25, 0.3) is 28.0 Å². The van der Waals surface area contributed by atoms with E-state index in [2.05, 4.69) is 50.1 Å². The Kier molecular flexibility index (Phi) is 2.75. The molecule has 4 aromatic rings. The van der Waals surface area contributed by atoms with E-state index in [0.29, 0.717) is 0 Å². The van der Waals surface area contributed by atoms with E-state index < -0.39 is 0 Å². The van der Waals surface area contributed by atoms with Crippen molar-refractivity contribution in [2.24, 2.45) is 0 Å². The number of hydrogen-bond acceptors (Lipinski definition) is 4. The third-order valence-electron chi connectivity index (χ3n) is 4.06. The van der Waals surface area contributed by atoms with E-state index in [0.717, 1.165) is 34.2 Å². The van der Waals surface area contributed by atoms with Crippen molar-refractivity contribution in [1.29, 1.82) is 0 Å². The molecular formula is C18H12N4S. The maximum absolute atomic E-state index is 4.62. The molecule has 0 radical (unpaired) electrons. The van der Waals surface area contributed by atoms with Gasteiger partial charge in [0.15, 0.2) is 5.82 Å². The summed E-state index contributed by atoms with van der Waals surface area (Å²) in [5.41, 5.74) is 3.16.